The molecule has 2 N–H and O–H groups in total. The third kappa shape index (κ3) is 4.03. The number of benzene rings is 1. The number of nitrogens with two attached hydrogens (primary N) is 1. The normalized spacial score (nSPS) is 13.4. The summed E-state index contributed by atoms with van der Waals surface area (Å²) in [7, 11) is -3.74. The zero-order valence-corrected chi connectivity index (χ0v) is 11.1. The highest BCUT2D eigenvalue weighted by molar-refractivity contribution is 9.10. The van der Waals surface area contributed by atoms with Crippen molar-refractivity contribution in [1.82, 2.24) is 0 Å². The number of Topliss-reactive ketones (excluding diaryl/α,β-unsaturated/α-hetero) is 1. The summed E-state index contributed by atoms with van der Waals surface area (Å²) < 4.78 is 22.5. The van der Waals surface area contributed by atoms with Crippen LogP contribution >= 0.6 is 15.9 Å². The van der Waals surface area contributed by atoms with Crippen molar-refractivity contribution in [1.29, 1.82) is 0 Å². The summed E-state index contributed by atoms with van der Waals surface area (Å²) in [5.41, 5.74) is 0.775. The van der Waals surface area contributed by atoms with Crippen molar-refractivity contribution in [3.8, 4) is 0 Å². The first-order chi connectivity index (χ1) is 7.29. The highest BCUT2D eigenvalue weighted by Crippen LogP contribution is 2.19. The van der Waals surface area contributed by atoms with Gasteiger partial charge in [0.25, 0.3) is 0 Å². The molecule has 88 valence electrons. The largest absolute Gasteiger partial charge is 0.298 e. The Labute approximate surface area is 103 Å². The van der Waals surface area contributed by atoms with Crippen LogP contribution in [-0.2, 0) is 14.8 Å². The lowest BCUT2D eigenvalue weighted by Crippen LogP contribution is -2.26. The molecule has 0 spiro atoms. The second-order valence-electron chi connectivity index (χ2n) is 3.55. The first kappa shape index (κ1) is 13.3. The predicted octanol–water partition coefficient (Wildman–Crippen LogP) is 1.41. The Morgan fingerprint density at radius 3 is 2.31 bits per heavy atom. The smallest absolute Gasteiger partial charge is 0.216 e. The van der Waals surface area contributed by atoms with Gasteiger partial charge < -0.3 is 0 Å². The molecule has 0 amide bonds. The van der Waals surface area contributed by atoms with Gasteiger partial charge in [0.1, 0.15) is 5.75 Å². The molecule has 0 fully saturated rings. The van der Waals surface area contributed by atoms with Crippen LogP contribution in [0.25, 0.3) is 0 Å². The third-order valence-electron chi connectivity index (χ3n) is 2.20. The van der Waals surface area contributed by atoms with Crippen LogP contribution in [0.1, 0.15) is 18.4 Å². The Morgan fingerprint density at radius 1 is 1.38 bits per heavy atom. The number of hydrogen-bond acceptors (Lipinski definition) is 3. The molecule has 0 unspecified atom stereocenters. The van der Waals surface area contributed by atoms with E-state index in [1.54, 1.807) is 31.2 Å². The maximum atomic E-state index is 11.6. The lowest BCUT2D eigenvalue weighted by molar-refractivity contribution is -0.117. The van der Waals surface area contributed by atoms with Crippen molar-refractivity contribution in [2.45, 2.75) is 12.8 Å². The van der Waals surface area contributed by atoms with E-state index in [0.717, 1.165) is 10.0 Å². The lowest BCUT2D eigenvalue weighted by Gasteiger charge is -2.09. The Hall–Kier alpha value is -0.720. The van der Waals surface area contributed by atoms with E-state index in [9.17, 15) is 13.2 Å². The molecular formula is C10H12BrNO3S. The van der Waals surface area contributed by atoms with Crippen LogP contribution in [0.3, 0.4) is 0 Å². The summed E-state index contributed by atoms with van der Waals surface area (Å²) in [5, 5.41) is 4.82. The molecule has 0 radical (unpaired) electrons. The summed E-state index contributed by atoms with van der Waals surface area (Å²) in [4.78, 5) is 11.6. The molecule has 0 aliphatic carbocycles. The summed E-state index contributed by atoms with van der Waals surface area (Å²) in [6.45, 7) is 1.66. The van der Waals surface area contributed by atoms with Crippen molar-refractivity contribution in [2.24, 2.45) is 5.14 Å². The third-order valence-corrected chi connectivity index (χ3v) is 3.41. The summed E-state index contributed by atoms with van der Waals surface area (Å²) in [5.74, 6) is -1.49. The molecule has 0 aliphatic heterocycles. The molecule has 0 aromatic heterocycles. The van der Waals surface area contributed by atoms with E-state index in [4.69, 9.17) is 5.14 Å². The van der Waals surface area contributed by atoms with Crippen LogP contribution < -0.4 is 5.14 Å². The molecule has 0 heterocycles. The quantitative estimate of drug-likeness (QED) is 0.913. The van der Waals surface area contributed by atoms with Crippen LogP contribution in [0.2, 0.25) is 0 Å². The minimum atomic E-state index is -3.74. The van der Waals surface area contributed by atoms with Crippen molar-refractivity contribution >= 4 is 31.7 Å². The van der Waals surface area contributed by atoms with E-state index in [0.29, 0.717) is 0 Å². The minimum absolute atomic E-state index is 0.398. The highest BCUT2D eigenvalue weighted by Gasteiger charge is 2.19. The lowest BCUT2D eigenvalue weighted by atomic mass is 9.98. The van der Waals surface area contributed by atoms with Gasteiger partial charge in [0, 0.05) is 10.4 Å². The van der Waals surface area contributed by atoms with Crippen LogP contribution in [-0.4, -0.2) is 20.0 Å². The Morgan fingerprint density at radius 2 is 1.88 bits per heavy atom. The number of ketones is 1. The van der Waals surface area contributed by atoms with E-state index in [2.05, 4.69) is 15.9 Å². The molecule has 1 aromatic rings. The molecule has 0 bridgehead atoms. The average molecular weight is 306 g/mol. The van der Waals surface area contributed by atoms with Gasteiger partial charge in [0.05, 0.1) is 0 Å². The number of sulfonamides is 1. The molecule has 1 rings (SSSR count). The van der Waals surface area contributed by atoms with Crippen molar-refractivity contribution in [3.63, 3.8) is 0 Å². The predicted molar refractivity (Wildman–Crippen MR) is 65.5 cm³/mol. The maximum absolute atomic E-state index is 11.6. The fourth-order valence-corrected chi connectivity index (χ4v) is 2.17. The number of primary sulfonamides is 1. The molecule has 0 aliphatic rings. The fourth-order valence-electron chi connectivity index (χ4n) is 1.26. The van der Waals surface area contributed by atoms with Gasteiger partial charge in [0.15, 0.2) is 5.78 Å². The minimum Gasteiger partial charge on any atom is -0.298 e. The van der Waals surface area contributed by atoms with Crippen LogP contribution in [0, 0.1) is 0 Å². The van der Waals surface area contributed by atoms with Gasteiger partial charge in [-0.05, 0) is 17.7 Å². The van der Waals surface area contributed by atoms with E-state index in [1.807, 2.05) is 0 Å². The molecule has 1 aromatic carbocycles. The number of hydrogen-bond donors (Lipinski definition) is 1. The Bertz CT molecular complexity index is 481. The van der Waals surface area contributed by atoms with E-state index >= 15 is 0 Å². The van der Waals surface area contributed by atoms with Gasteiger partial charge in [0.2, 0.25) is 10.0 Å². The topological polar surface area (TPSA) is 77.2 Å². The summed E-state index contributed by atoms with van der Waals surface area (Å²) >= 11 is 3.28. The Balaban J connectivity index is 2.82. The zero-order chi connectivity index (χ0) is 12.3. The van der Waals surface area contributed by atoms with Gasteiger partial charge in [-0.15, -0.1) is 0 Å². The van der Waals surface area contributed by atoms with E-state index < -0.39 is 27.5 Å². The molecule has 4 nitrogen and oxygen atoms in total. The zero-order valence-electron chi connectivity index (χ0n) is 8.68. The van der Waals surface area contributed by atoms with Crippen molar-refractivity contribution < 1.29 is 13.2 Å². The first-order valence-corrected chi connectivity index (χ1v) is 7.09. The number of carbonyl (C=O) groups is 1. The van der Waals surface area contributed by atoms with Gasteiger partial charge in [-0.25, -0.2) is 13.6 Å². The molecular weight excluding hydrogens is 294 g/mol. The van der Waals surface area contributed by atoms with E-state index in [1.165, 1.54) is 0 Å². The number of carbonyl (C=O) groups excluding carboxylic acids is 1. The first-order valence-electron chi connectivity index (χ1n) is 4.58. The summed E-state index contributed by atoms with van der Waals surface area (Å²) in [6, 6.07) is 7.15. The maximum Gasteiger partial charge on any atom is 0.216 e. The molecule has 16 heavy (non-hydrogen) atoms. The fraction of sp³-hybridized carbons (Fsp3) is 0.300. The highest BCUT2D eigenvalue weighted by atomic mass is 79.9. The average Bonchev–Trinajstić information content (AvgIpc) is 2.15. The second-order valence-corrected chi connectivity index (χ2v) is 6.08. The van der Waals surface area contributed by atoms with Crippen molar-refractivity contribution in [3.05, 3.63) is 34.3 Å². The SMILES string of the molecule is C[C@@H](C(=O)CS(N)(=O)=O)c1ccc(Br)cc1. The molecule has 0 saturated heterocycles. The monoisotopic (exact) mass is 305 g/mol. The Kier molecular flexibility index (Phi) is 4.23. The van der Waals surface area contributed by atoms with E-state index in [-0.39, 0.29) is 0 Å². The molecule has 0 saturated carbocycles. The van der Waals surface area contributed by atoms with Gasteiger partial charge in [-0.3, -0.25) is 4.79 Å². The van der Waals surface area contributed by atoms with Crippen LogP contribution in [0.4, 0.5) is 0 Å². The molecule has 6 heteroatoms. The van der Waals surface area contributed by atoms with Crippen LogP contribution in [0.15, 0.2) is 28.7 Å². The van der Waals surface area contributed by atoms with Gasteiger partial charge >= 0.3 is 0 Å². The van der Waals surface area contributed by atoms with Crippen molar-refractivity contribution in [2.75, 3.05) is 5.75 Å². The standard InChI is InChI=1S/C10H12BrNO3S/c1-7(10(13)6-16(12,14)15)8-2-4-9(11)5-3-8/h2-5,7H,6H2,1H3,(H2,12,14,15)/t7-/m1/s1. The van der Waals surface area contributed by atoms with Gasteiger partial charge in [-0.2, -0.15) is 0 Å². The number of rotatable bonds is 4. The summed E-state index contributed by atoms with van der Waals surface area (Å²) in [6.07, 6.45) is 0. The molecule has 1 atom stereocenters. The second kappa shape index (κ2) is 5.07. The van der Waals surface area contributed by atoms with Crippen LogP contribution in [0.5, 0.6) is 0 Å². The number of halogens is 1. The van der Waals surface area contributed by atoms with Gasteiger partial charge in [-0.1, -0.05) is 35.0 Å².